The first kappa shape index (κ1) is 17.4. The zero-order valence-corrected chi connectivity index (χ0v) is 14.4. The van der Waals surface area contributed by atoms with Gasteiger partial charge < -0.3 is 5.11 Å². The Bertz CT molecular complexity index is 585. The third kappa shape index (κ3) is 3.78. The first-order valence-electron chi connectivity index (χ1n) is 9.06. The standard InChI is InChI=1S/C19H27FN2O2/c1-2-21(13-19(23)24)16-8-10-22(11-9-16)18-5-3-4-14-6-7-15(20)12-17(14)18/h6-7,12,16,18H,2-5,8-11,13H2,1H3,(H,23,24). The van der Waals surface area contributed by atoms with E-state index in [1.807, 2.05) is 13.0 Å². The molecule has 3 rings (SSSR count). The van der Waals surface area contributed by atoms with E-state index in [0.717, 1.165) is 57.3 Å². The van der Waals surface area contributed by atoms with Gasteiger partial charge in [-0.25, -0.2) is 4.39 Å². The van der Waals surface area contributed by atoms with Gasteiger partial charge in [-0.1, -0.05) is 13.0 Å². The number of benzene rings is 1. The number of carbonyl (C=O) groups is 1. The molecule has 24 heavy (non-hydrogen) atoms. The van der Waals surface area contributed by atoms with Crippen LogP contribution in [0.25, 0.3) is 0 Å². The van der Waals surface area contributed by atoms with Gasteiger partial charge in [-0.3, -0.25) is 14.6 Å². The molecule has 1 saturated heterocycles. The zero-order chi connectivity index (χ0) is 17.1. The molecule has 0 amide bonds. The summed E-state index contributed by atoms with van der Waals surface area (Å²) in [6.07, 6.45) is 5.27. The van der Waals surface area contributed by atoms with Crippen molar-refractivity contribution in [2.75, 3.05) is 26.2 Å². The number of piperidine rings is 1. The number of fused-ring (bicyclic) bond motifs is 1. The molecular formula is C19H27FN2O2. The summed E-state index contributed by atoms with van der Waals surface area (Å²) >= 11 is 0. The van der Waals surface area contributed by atoms with E-state index < -0.39 is 5.97 Å². The fourth-order valence-electron chi connectivity index (χ4n) is 4.36. The highest BCUT2D eigenvalue weighted by atomic mass is 19.1. The molecule has 1 unspecified atom stereocenters. The molecule has 0 spiro atoms. The van der Waals surface area contributed by atoms with Crippen LogP contribution in [0.1, 0.15) is 49.8 Å². The Kier molecular flexibility index (Phi) is 5.51. The van der Waals surface area contributed by atoms with E-state index in [1.165, 1.54) is 5.56 Å². The minimum Gasteiger partial charge on any atom is -0.480 e. The maximum absolute atomic E-state index is 13.7. The fourth-order valence-corrected chi connectivity index (χ4v) is 4.36. The summed E-state index contributed by atoms with van der Waals surface area (Å²) in [6.45, 7) is 4.84. The van der Waals surface area contributed by atoms with Crippen molar-refractivity contribution in [1.29, 1.82) is 0 Å². The van der Waals surface area contributed by atoms with Crippen molar-refractivity contribution in [3.63, 3.8) is 0 Å². The molecule has 0 bridgehead atoms. The third-order valence-electron chi connectivity index (χ3n) is 5.59. The van der Waals surface area contributed by atoms with Gasteiger partial charge in [0.1, 0.15) is 5.82 Å². The molecule has 0 radical (unpaired) electrons. The van der Waals surface area contributed by atoms with E-state index in [0.29, 0.717) is 12.1 Å². The lowest BCUT2D eigenvalue weighted by molar-refractivity contribution is -0.139. The zero-order valence-electron chi connectivity index (χ0n) is 14.4. The van der Waals surface area contributed by atoms with Gasteiger partial charge in [0.25, 0.3) is 0 Å². The summed E-state index contributed by atoms with van der Waals surface area (Å²) in [4.78, 5) is 15.5. The number of rotatable bonds is 5. The molecule has 1 fully saturated rings. The van der Waals surface area contributed by atoms with Crippen molar-refractivity contribution in [2.24, 2.45) is 0 Å². The molecule has 1 heterocycles. The summed E-state index contributed by atoms with van der Waals surface area (Å²) in [5, 5.41) is 9.05. The second-order valence-corrected chi connectivity index (χ2v) is 6.98. The number of nitrogens with zero attached hydrogens (tertiary/aromatic N) is 2. The van der Waals surface area contributed by atoms with Gasteiger partial charge in [0.05, 0.1) is 6.54 Å². The van der Waals surface area contributed by atoms with Crippen molar-refractivity contribution in [2.45, 2.75) is 51.1 Å². The van der Waals surface area contributed by atoms with Gasteiger partial charge in [-0.2, -0.15) is 0 Å². The number of hydrogen-bond acceptors (Lipinski definition) is 3. The maximum atomic E-state index is 13.7. The predicted molar refractivity (Wildman–Crippen MR) is 91.6 cm³/mol. The highest BCUT2D eigenvalue weighted by Gasteiger charge is 2.31. The summed E-state index contributed by atoms with van der Waals surface area (Å²) in [5.41, 5.74) is 2.45. The van der Waals surface area contributed by atoms with E-state index in [9.17, 15) is 9.18 Å². The van der Waals surface area contributed by atoms with E-state index in [4.69, 9.17) is 5.11 Å². The third-order valence-corrected chi connectivity index (χ3v) is 5.59. The average molecular weight is 334 g/mol. The number of carboxylic acid groups (broad SMARTS) is 1. The molecule has 1 aromatic carbocycles. The van der Waals surface area contributed by atoms with Crippen LogP contribution >= 0.6 is 0 Å². The second-order valence-electron chi connectivity index (χ2n) is 6.98. The van der Waals surface area contributed by atoms with Gasteiger partial charge in [0, 0.05) is 25.2 Å². The highest BCUT2D eigenvalue weighted by Crippen LogP contribution is 2.36. The van der Waals surface area contributed by atoms with Crippen molar-refractivity contribution >= 4 is 5.97 Å². The number of carboxylic acids is 1. The molecule has 1 aliphatic carbocycles. The normalized spacial score (nSPS) is 22.5. The maximum Gasteiger partial charge on any atom is 0.317 e. The summed E-state index contributed by atoms with van der Waals surface area (Å²) in [6, 6.07) is 5.89. The molecule has 4 nitrogen and oxygen atoms in total. The molecule has 0 aromatic heterocycles. The number of aliphatic carboxylic acids is 1. The SMILES string of the molecule is CCN(CC(=O)O)C1CCN(C2CCCc3ccc(F)cc32)CC1. The van der Waals surface area contributed by atoms with Crippen LogP contribution in [-0.4, -0.2) is 53.1 Å². The van der Waals surface area contributed by atoms with Crippen molar-refractivity contribution in [3.05, 3.63) is 35.1 Å². The van der Waals surface area contributed by atoms with Gasteiger partial charge >= 0.3 is 5.97 Å². The molecule has 132 valence electrons. The smallest absolute Gasteiger partial charge is 0.317 e. The Balaban J connectivity index is 1.65. The van der Waals surface area contributed by atoms with Crippen molar-refractivity contribution in [1.82, 2.24) is 9.80 Å². The van der Waals surface area contributed by atoms with E-state index in [1.54, 1.807) is 12.1 Å². The Morgan fingerprint density at radius 1 is 1.33 bits per heavy atom. The number of likely N-dealkylation sites (N-methyl/N-ethyl adjacent to an activating group) is 1. The topological polar surface area (TPSA) is 43.8 Å². The second kappa shape index (κ2) is 7.62. The molecular weight excluding hydrogens is 307 g/mol. The lowest BCUT2D eigenvalue weighted by Gasteiger charge is -2.42. The van der Waals surface area contributed by atoms with Crippen LogP contribution in [0.5, 0.6) is 0 Å². The number of aryl methyl sites for hydroxylation is 1. The van der Waals surface area contributed by atoms with Gasteiger partial charge in [-0.05, 0) is 61.9 Å². The van der Waals surface area contributed by atoms with Crippen LogP contribution in [0.3, 0.4) is 0 Å². The van der Waals surface area contributed by atoms with Crippen LogP contribution in [-0.2, 0) is 11.2 Å². The molecule has 5 heteroatoms. The van der Waals surface area contributed by atoms with Crippen molar-refractivity contribution in [3.8, 4) is 0 Å². The molecule has 1 aromatic rings. The summed E-state index contributed by atoms with van der Waals surface area (Å²) in [7, 11) is 0. The summed E-state index contributed by atoms with van der Waals surface area (Å²) < 4.78 is 13.7. The summed E-state index contributed by atoms with van der Waals surface area (Å²) in [5.74, 6) is -0.898. The number of likely N-dealkylation sites (tertiary alicyclic amines) is 1. The Hall–Kier alpha value is -1.46. The number of halogens is 1. The van der Waals surface area contributed by atoms with Crippen LogP contribution in [0.2, 0.25) is 0 Å². The van der Waals surface area contributed by atoms with E-state index in [2.05, 4.69) is 9.80 Å². The Labute approximate surface area is 143 Å². The molecule has 1 N–H and O–H groups in total. The van der Waals surface area contributed by atoms with E-state index >= 15 is 0 Å². The van der Waals surface area contributed by atoms with Crippen LogP contribution < -0.4 is 0 Å². The highest BCUT2D eigenvalue weighted by molar-refractivity contribution is 5.69. The van der Waals surface area contributed by atoms with Crippen LogP contribution in [0.15, 0.2) is 18.2 Å². The molecule has 0 saturated carbocycles. The molecule has 1 atom stereocenters. The largest absolute Gasteiger partial charge is 0.480 e. The predicted octanol–water partition coefficient (Wildman–Crippen LogP) is 3.07. The van der Waals surface area contributed by atoms with E-state index in [-0.39, 0.29) is 12.4 Å². The lowest BCUT2D eigenvalue weighted by Crippen LogP contribution is -2.47. The first-order chi connectivity index (χ1) is 11.6. The molecule has 2 aliphatic rings. The fraction of sp³-hybridized carbons (Fsp3) is 0.632. The van der Waals surface area contributed by atoms with Gasteiger partial charge in [0.2, 0.25) is 0 Å². The lowest BCUT2D eigenvalue weighted by atomic mass is 9.85. The van der Waals surface area contributed by atoms with Gasteiger partial charge in [0.15, 0.2) is 0 Å². The van der Waals surface area contributed by atoms with Gasteiger partial charge in [-0.15, -0.1) is 0 Å². The van der Waals surface area contributed by atoms with Crippen molar-refractivity contribution < 1.29 is 14.3 Å². The molecule has 1 aliphatic heterocycles. The Morgan fingerprint density at radius 2 is 2.08 bits per heavy atom. The van der Waals surface area contributed by atoms with Crippen LogP contribution in [0.4, 0.5) is 4.39 Å². The quantitative estimate of drug-likeness (QED) is 0.899. The average Bonchev–Trinajstić information content (AvgIpc) is 2.59. The van der Waals surface area contributed by atoms with Crippen LogP contribution in [0, 0.1) is 5.82 Å². The first-order valence-corrected chi connectivity index (χ1v) is 9.06. The monoisotopic (exact) mass is 334 g/mol. The minimum atomic E-state index is -0.754. The number of hydrogen-bond donors (Lipinski definition) is 1. The Morgan fingerprint density at radius 3 is 2.75 bits per heavy atom. The minimum absolute atomic E-state index is 0.124.